The maximum atomic E-state index is 12.3. The highest BCUT2D eigenvalue weighted by atomic mass is 79.9. The van der Waals surface area contributed by atoms with Gasteiger partial charge in [-0.15, -0.1) is 11.3 Å². The highest BCUT2D eigenvalue weighted by molar-refractivity contribution is 9.11. The highest BCUT2D eigenvalue weighted by Crippen LogP contribution is 2.30. The minimum atomic E-state index is 0.0967. The molecule has 0 radical (unpaired) electrons. The van der Waals surface area contributed by atoms with Crippen molar-refractivity contribution in [1.29, 1.82) is 0 Å². The summed E-state index contributed by atoms with van der Waals surface area (Å²) in [7, 11) is 0. The third kappa shape index (κ3) is 3.50. The van der Waals surface area contributed by atoms with Gasteiger partial charge in [0.15, 0.2) is 0 Å². The first-order chi connectivity index (χ1) is 8.08. The van der Waals surface area contributed by atoms with E-state index in [1.807, 2.05) is 17.0 Å². The van der Waals surface area contributed by atoms with Crippen LogP contribution in [0.1, 0.15) is 28.9 Å². The van der Waals surface area contributed by atoms with Crippen molar-refractivity contribution in [3.63, 3.8) is 0 Å². The lowest BCUT2D eigenvalue weighted by molar-refractivity contribution is 0.0753. The average molecular weight is 333 g/mol. The lowest BCUT2D eigenvalue weighted by Crippen LogP contribution is -2.35. The minimum Gasteiger partial charge on any atom is -0.393 e. The Labute approximate surface area is 118 Å². The van der Waals surface area contributed by atoms with Gasteiger partial charge >= 0.3 is 0 Å². The summed E-state index contributed by atoms with van der Waals surface area (Å²) in [5.74, 6) is 0.0967. The van der Waals surface area contributed by atoms with Crippen molar-refractivity contribution >= 4 is 50.4 Å². The van der Waals surface area contributed by atoms with Gasteiger partial charge in [0.1, 0.15) is 0 Å². The molecule has 6 heteroatoms. The molecule has 1 aromatic rings. The molecular formula is C11H13BrN2OS2. The van der Waals surface area contributed by atoms with Crippen LogP contribution >= 0.6 is 39.5 Å². The number of nitrogens with two attached hydrogens (primary N) is 1. The van der Waals surface area contributed by atoms with E-state index in [-0.39, 0.29) is 5.91 Å². The predicted molar refractivity (Wildman–Crippen MR) is 77.5 cm³/mol. The lowest BCUT2D eigenvalue weighted by Gasteiger charge is -2.21. The fourth-order valence-electron chi connectivity index (χ4n) is 1.64. The third-order valence-corrected chi connectivity index (χ3v) is 4.45. The van der Waals surface area contributed by atoms with Crippen LogP contribution in [-0.4, -0.2) is 28.4 Å². The molecule has 1 fully saturated rings. The van der Waals surface area contributed by atoms with Gasteiger partial charge in [-0.3, -0.25) is 4.79 Å². The molecule has 92 valence electrons. The van der Waals surface area contributed by atoms with Crippen LogP contribution in [0.15, 0.2) is 15.9 Å². The quantitative estimate of drug-likeness (QED) is 0.843. The SMILES string of the molecule is NC(=S)CCN(C(=O)c1ccc(Br)s1)C1CC1. The molecule has 0 bridgehead atoms. The zero-order valence-corrected chi connectivity index (χ0v) is 12.4. The van der Waals surface area contributed by atoms with E-state index in [4.69, 9.17) is 18.0 Å². The Hall–Kier alpha value is -0.460. The van der Waals surface area contributed by atoms with Crippen molar-refractivity contribution in [2.24, 2.45) is 5.73 Å². The van der Waals surface area contributed by atoms with E-state index < -0.39 is 0 Å². The van der Waals surface area contributed by atoms with Crippen molar-refractivity contribution in [3.05, 3.63) is 20.8 Å². The van der Waals surface area contributed by atoms with Crippen molar-refractivity contribution < 1.29 is 4.79 Å². The standard InChI is InChI=1S/C11H13BrN2OS2/c12-9-4-3-8(17-9)11(15)14(7-1-2-7)6-5-10(13)16/h3-4,7H,1-2,5-6H2,(H2,13,16). The molecular weight excluding hydrogens is 320 g/mol. The van der Waals surface area contributed by atoms with Gasteiger partial charge in [0, 0.05) is 19.0 Å². The molecule has 1 amide bonds. The number of amides is 1. The minimum absolute atomic E-state index is 0.0967. The molecule has 1 aromatic heterocycles. The summed E-state index contributed by atoms with van der Waals surface area (Å²) in [5, 5.41) is 0. The summed E-state index contributed by atoms with van der Waals surface area (Å²) in [6.45, 7) is 0.633. The van der Waals surface area contributed by atoms with Crippen LogP contribution < -0.4 is 5.73 Å². The van der Waals surface area contributed by atoms with Gasteiger partial charge < -0.3 is 10.6 Å². The molecule has 1 saturated carbocycles. The summed E-state index contributed by atoms with van der Waals surface area (Å²) in [6.07, 6.45) is 2.79. The van der Waals surface area contributed by atoms with Crippen LogP contribution in [-0.2, 0) is 0 Å². The number of carbonyl (C=O) groups is 1. The number of hydrogen-bond acceptors (Lipinski definition) is 3. The fraction of sp³-hybridized carbons (Fsp3) is 0.455. The topological polar surface area (TPSA) is 46.3 Å². The Bertz CT molecular complexity index is 442. The molecule has 1 aliphatic rings. The highest BCUT2D eigenvalue weighted by Gasteiger charge is 2.33. The maximum Gasteiger partial charge on any atom is 0.264 e. The van der Waals surface area contributed by atoms with Crippen LogP contribution in [0.4, 0.5) is 0 Å². The van der Waals surface area contributed by atoms with Gasteiger partial charge in [-0.25, -0.2) is 0 Å². The van der Waals surface area contributed by atoms with Crippen LogP contribution in [0.2, 0.25) is 0 Å². The number of hydrogen-bond donors (Lipinski definition) is 1. The van der Waals surface area contributed by atoms with Crippen LogP contribution in [0.25, 0.3) is 0 Å². The third-order valence-electron chi connectivity index (χ3n) is 2.63. The Balaban J connectivity index is 2.05. The first-order valence-corrected chi connectivity index (χ1v) is 7.44. The average Bonchev–Trinajstić information content (AvgIpc) is 3.00. The maximum absolute atomic E-state index is 12.3. The molecule has 0 unspecified atom stereocenters. The molecule has 0 saturated heterocycles. The van der Waals surface area contributed by atoms with Gasteiger partial charge in [-0.05, 0) is 40.9 Å². The largest absolute Gasteiger partial charge is 0.393 e. The predicted octanol–water partition coefficient (Wildman–Crippen LogP) is 2.79. The van der Waals surface area contributed by atoms with Crippen molar-refractivity contribution in [2.75, 3.05) is 6.54 Å². The molecule has 2 N–H and O–H groups in total. The van der Waals surface area contributed by atoms with Gasteiger partial charge in [-0.2, -0.15) is 0 Å². The molecule has 0 aliphatic heterocycles. The Kier molecular flexibility index (Phi) is 4.17. The smallest absolute Gasteiger partial charge is 0.264 e. The molecule has 2 rings (SSSR count). The van der Waals surface area contributed by atoms with E-state index in [0.29, 0.717) is 24.0 Å². The number of halogens is 1. The Morgan fingerprint density at radius 3 is 2.76 bits per heavy atom. The van der Waals surface area contributed by atoms with Gasteiger partial charge in [0.25, 0.3) is 5.91 Å². The zero-order chi connectivity index (χ0) is 12.4. The van der Waals surface area contributed by atoms with E-state index in [0.717, 1.165) is 21.5 Å². The van der Waals surface area contributed by atoms with E-state index in [2.05, 4.69) is 15.9 Å². The first kappa shape index (κ1) is 13.0. The Morgan fingerprint density at radius 2 is 2.29 bits per heavy atom. The monoisotopic (exact) mass is 332 g/mol. The molecule has 0 spiro atoms. The molecule has 17 heavy (non-hydrogen) atoms. The number of nitrogens with zero attached hydrogens (tertiary/aromatic N) is 1. The number of rotatable bonds is 5. The van der Waals surface area contributed by atoms with Gasteiger partial charge in [0.2, 0.25) is 0 Å². The number of carbonyl (C=O) groups excluding carboxylic acids is 1. The normalized spacial score (nSPS) is 14.6. The second-order valence-electron chi connectivity index (χ2n) is 4.05. The van der Waals surface area contributed by atoms with Gasteiger partial charge in [0.05, 0.1) is 13.7 Å². The van der Waals surface area contributed by atoms with Gasteiger partial charge in [-0.1, -0.05) is 12.2 Å². The summed E-state index contributed by atoms with van der Waals surface area (Å²) in [4.78, 5) is 15.4. The van der Waals surface area contributed by atoms with Crippen molar-refractivity contribution in [3.8, 4) is 0 Å². The second kappa shape index (κ2) is 5.46. The molecule has 1 aliphatic carbocycles. The summed E-state index contributed by atoms with van der Waals surface area (Å²) in [6, 6.07) is 4.14. The summed E-state index contributed by atoms with van der Waals surface area (Å²) >= 11 is 9.70. The van der Waals surface area contributed by atoms with E-state index in [9.17, 15) is 4.79 Å². The number of thiocarbonyl (C=S) groups is 1. The Morgan fingerprint density at radius 1 is 1.59 bits per heavy atom. The zero-order valence-electron chi connectivity index (χ0n) is 9.19. The number of thiophene rings is 1. The first-order valence-electron chi connectivity index (χ1n) is 5.42. The lowest BCUT2D eigenvalue weighted by atomic mass is 10.3. The molecule has 3 nitrogen and oxygen atoms in total. The van der Waals surface area contributed by atoms with Crippen molar-refractivity contribution in [2.45, 2.75) is 25.3 Å². The molecule has 1 heterocycles. The van der Waals surface area contributed by atoms with Crippen LogP contribution in [0.5, 0.6) is 0 Å². The van der Waals surface area contributed by atoms with E-state index >= 15 is 0 Å². The van der Waals surface area contributed by atoms with E-state index in [1.165, 1.54) is 11.3 Å². The molecule has 0 aromatic carbocycles. The summed E-state index contributed by atoms with van der Waals surface area (Å²) in [5.41, 5.74) is 5.49. The molecule has 0 atom stereocenters. The fourth-order valence-corrected chi connectivity index (χ4v) is 3.07. The van der Waals surface area contributed by atoms with Crippen LogP contribution in [0.3, 0.4) is 0 Å². The van der Waals surface area contributed by atoms with Crippen molar-refractivity contribution in [1.82, 2.24) is 4.90 Å². The summed E-state index contributed by atoms with van der Waals surface area (Å²) < 4.78 is 0.978. The second-order valence-corrected chi connectivity index (χ2v) is 7.04. The van der Waals surface area contributed by atoms with E-state index in [1.54, 1.807) is 0 Å². The van der Waals surface area contributed by atoms with Crippen LogP contribution in [0, 0.1) is 0 Å².